The minimum Gasteiger partial charge on any atom is -0.480 e. The lowest BCUT2D eigenvalue weighted by atomic mass is 9.70. The molecule has 3 aliphatic carbocycles. The minimum absolute atomic E-state index is 0.00822. The zero-order valence-electron chi connectivity index (χ0n) is 45.2. The van der Waals surface area contributed by atoms with Crippen molar-refractivity contribution in [2.24, 2.45) is 5.73 Å². The Labute approximate surface area is 467 Å². The first-order valence-electron chi connectivity index (χ1n) is 27.3. The number of hydrogen-bond donors (Lipinski definition) is 4. The number of carbonyl (C=O) groups excluding carboxylic acids is 2. The quantitative estimate of drug-likeness (QED) is 0.119. The minimum atomic E-state index is -1.10. The Balaban J connectivity index is 0.000000116. The number of aliphatic hydroxyl groups excluding tert-OH is 1. The van der Waals surface area contributed by atoms with Crippen LogP contribution < -0.4 is 48.9 Å². The molecule has 8 atom stereocenters. The molecular formula is C62H62N4O15. The number of fused-ring (bicyclic) bond motifs is 18. The zero-order chi connectivity index (χ0) is 55.8. The number of carboxylic acid groups (broad SMARTS) is 1. The largest absolute Gasteiger partial charge is 0.480 e. The molecule has 19 nitrogen and oxygen atoms in total. The molecule has 0 saturated carbocycles. The van der Waals surface area contributed by atoms with Crippen molar-refractivity contribution >= 4 is 18.0 Å². The molecule has 6 heterocycles. The fraction of sp³-hybridized carbons (Fsp3) is 0.371. The van der Waals surface area contributed by atoms with Crippen molar-refractivity contribution in [1.29, 1.82) is 0 Å². The van der Waals surface area contributed by atoms with Crippen LogP contribution in [-0.4, -0.2) is 110 Å². The number of carbonyl (C=O) groups is 3. The highest BCUT2D eigenvalue weighted by atomic mass is 16.7. The van der Waals surface area contributed by atoms with Gasteiger partial charge in [0.15, 0.2) is 46.0 Å². The monoisotopic (exact) mass is 1100 g/mol. The first-order valence-corrected chi connectivity index (χ1v) is 27.3. The number of nitrogens with one attached hydrogen (secondary N) is 1. The van der Waals surface area contributed by atoms with Crippen molar-refractivity contribution in [1.82, 2.24) is 15.1 Å². The molecule has 0 radical (unpaired) electrons. The van der Waals surface area contributed by atoms with Gasteiger partial charge in [0, 0.05) is 60.5 Å². The van der Waals surface area contributed by atoms with Gasteiger partial charge in [-0.05, 0) is 133 Å². The predicted octanol–water partition coefficient (Wildman–Crippen LogP) is 7.48. The molecule has 1 amide bonds. The second-order valence-electron chi connectivity index (χ2n) is 22.0. The number of rotatable bonds is 6. The lowest BCUT2D eigenvalue weighted by Crippen LogP contribution is -2.46. The molecule has 9 aliphatic rings. The second-order valence-corrected chi connectivity index (χ2v) is 22.0. The molecule has 0 fully saturated rings. The molecule has 0 bridgehead atoms. The number of ether oxygens (including phenoxy) is 10. The average Bonchev–Trinajstić information content (AvgIpc) is 4.53. The van der Waals surface area contributed by atoms with Crippen molar-refractivity contribution in [2.75, 3.05) is 47.9 Å². The van der Waals surface area contributed by atoms with Gasteiger partial charge < -0.3 is 68.6 Å². The van der Waals surface area contributed by atoms with Gasteiger partial charge in [-0.1, -0.05) is 60.7 Å². The van der Waals surface area contributed by atoms with Gasteiger partial charge in [-0.25, -0.2) is 4.79 Å². The number of aliphatic carboxylic acids is 1. The maximum atomic E-state index is 12.5. The number of carboxylic acids is 1. The second kappa shape index (κ2) is 21.0. The SMILES string of the molecule is CC(N)C(=O)OC1Cc2cc3c(cc2C2C1c1ccc4c(c1CN2C)OCO4)OCO3.CC(NC(=O)OCC1c2ccccc2Cc2ccccc21)C(=O)O.CN1Cc2c(ccc3c2OCO3)C2C(O)Cc3cc4c(cc3C21)OCO4. The zero-order valence-corrected chi connectivity index (χ0v) is 45.2. The molecule has 420 valence electrons. The Kier molecular flexibility index (Phi) is 13.5. The molecule has 0 saturated heterocycles. The molecule has 0 aromatic heterocycles. The van der Waals surface area contributed by atoms with Crippen LogP contribution >= 0.6 is 0 Å². The summed E-state index contributed by atoms with van der Waals surface area (Å²) in [5.74, 6) is 4.61. The number of nitrogens with zero attached hydrogens (tertiary/aromatic N) is 2. The normalized spacial score (nSPS) is 23.0. The van der Waals surface area contributed by atoms with E-state index >= 15 is 0 Å². The van der Waals surface area contributed by atoms with E-state index in [1.807, 2.05) is 48.5 Å². The van der Waals surface area contributed by atoms with E-state index in [2.05, 4.69) is 77.7 Å². The lowest BCUT2D eigenvalue weighted by molar-refractivity contribution is -0.153. The average molecular weight is 1100 g/mol. The van der Waals surface area contributed by atoms with Crippen molar-refractivity contribution in [2.45, 2.75) is 100 Å². The third-order valence-corrected chi connectivity index (χ3v) is 17.1. The van der Waals surface area contributed by atoms with Gasteiger partial charge in [-0.3, -0.25) is 19.4 Å². The fourth-order valence-electron chi connectivity index (χ4n) is 13.3. The fourth-order valence-corrected chi connectivity index (χ4v) is 13.3. The van der Waals surface area contributed by atoms with Crippen molar-refractivity contribution in [3.05, 3.63) is 164 Å². The van der Waals surface area contributed by atoms with E-state index in [0.29, 0.717) is 19.4 Å². The summed E-state index contributed by atoms with van der Waals surface area (Å²) in [6, 6.07) is 31.0. The number of likely N-dealkylation sites (N-methyl/N-ethyl adjacent to an activating group) is 2. The maximum Gasteiger partial charge on any atom is 0.407 e. The first-order chi connectivity index (χ1) is 39.3. The summed E-state index contributed by atoms with van der Waals surface area (Å²) in [6.07, 6.45) is 0.506. The number of hydrogen-bond acceptors (Lipinski definition) is 17. The van der Waals surface area contributed by atoms with E-state index in [1.54, 1.807) is 6.92 Å². The summed E-state index contributed by atoms with van der Waals surface area (Å²) < 4.78 is 56.3. The summed E-state index contributed by atoms with van der Waals surface area (Å²) in [5, 5.41) is 22.2. The summed E-state index contributed by atoms with van der Waals surface area (Å²) >= 11 is 0. The van der Waals surface area contributed by atoms with Gasteiger partial charge in [0.2, 0.25) is 27.2 Å². The van der Waals surface area contributed by atoms with E-state index in [0.717, 1.165) is 103 Å². The van der Waals surface area contributed by atoms with Crippen LogP contribution in [0.25, 0.3) is 0 Å². The Hall–Kier alpha value is -8.23. The molecule has 15 rings (SSSR count). The Morgan fingerprint density at radius 3 is 1.63 bits per heavy atom. The molecule has 6 aromatic rings. The lowest BCUT2D eigenvalue weighted by Gasteiger charge is -2.47. The van der Waals surface area contributed by atoms with Crippen LogP contribution in [0.1, 0.15) is 110 Å². The Bertz CT molecular complexity index is 3450. The van der Waals surface area contributed by atoms with Crippen LogP contribution in [0, 0.1) is 0 Å². The van der Waals surface area contributed by atoms with E-state index < -0.39 is 36.2 Å². The maximum absolute atomic E-state index is 12.5. The van der Waals surface area contributed by atoms with E-state index in [9.17, 15) is 19.5 Å². The third kappa shape index (κ3) is 9.40. The van der Waals surface area contributed by atoms with Crippen LogP contribution in [0.4, 0.5) is 4.79 Å². The number of alkyl carbamates (subject to hydrolysis) is 1. The van der Waals surface area contributed by atoms with E-state index in [4.69, 9.17) is 58.2 Å². The van der Waals surface area contributed by atoms with E-state index in [-0.39, 0.29) is 69.7 Å². The van der Waals surface area contributed by atoms with Crippen LogP contribution in [0.2, 0.25) is 0 Å². The Morgan fingerprint density at radius 2 is 1.09 bits per heavy atom. The highest BCUT2D eigenvalue weighted by molar-refractivity contribution is 5.79. The van der Waals surface area contributed by atoms with Crippen LogP contribution in [0.15, 0.2) is 97.1 Å². The summed E-state index contributed by atoms with van der Waals surface area (Å²) in [4.78, 5) is 39.7. The van der Waals surface area contributed by atoms with Crippen LogP contribution in [-0.2, 0) is 51.4 Å². The van der Waals surface area contributed by atoms with Crippen molar-refractivity contribution in [3.63, 3.8) is 0 Å². The third-order valence-electron chi connectivity index (χ3n) is 17.1. The van der Waals surface area contributed by atoms with Gasteiger partial charge in [0.25, 0.3) is 0 Å². The highest BCUT2D eigenvalue weighted by Crippen LogP contribution is 2.57. The molecule has 6 aliphatic heterocycles. The number of esters is 1. The smallest absolute Gasteiger partial charge is 0.407 e. The number of amides is 1. The molecule has 8 unspecified atom stereocenters. The van der Waals surface area contributed by atoms with E-state index in [1.165, 1.54) is 29.2 Å². The van der Waals surface area contributed by atoms with Gasteiger partial charge in [-0.15, -0.1) is 0 Å². The summed E-state index contributed by atoms with van der Waals surface area (Å²) in [7, 11) is 4.18. The van der Waals surface area contributed by atoms with Crippen molar-refractivity contribution in [3.8, 4) is 46.0 Å². The van der Waals surface area contributed by atoms with Crippen LogP contribution in [0.3, 0.4) is 0 Å². The molecule has 5 N–H and O–H groups in total. The summed E-state index contributed by atoms with van der Waals surface area (Å²) in [5.41, 5.74) is 19.7. The predicted molar refractivity (Wildman–Crippen MR) is 290 cm³/mol. The van der Waals surface area contributed by atoms with Gasteiger partial charge in [-0.2, -0.15) is 0 Å². The first kappa shape index (κ1) is 52.2. The van der Waals surface area contributed by atoms with Crippen molar-refractivity contribution < 1.29 is 72.0 Å². The van der Waals surface area contributed by atoms with Gasteiger partial charge in [0.1, 0.15) is 24.8 Å². The molecule has 6 aromatic carbocycles. The topological polar surface area (TPSA) is 228 Å². The highest BCUT2D eigenvalue weighted by Gasteiger charge is 2.49. The number of nitrogens with two attached hydrogens (primary N) is 1. The summed E-state index contributed by atoms with van der Waals surface area (Å²) in [6.45, 7) is 5.63. The standard InChI is InChI=1S/C23H24N2O6.C20H19NO5.C19H19NO4/c1-11(24)23(26)31-19-6-12-5-17-18(29-9-28-17)7-14(12)21-20(19)13-3-4-16-22(30-10-27-16)15(13)8-25(21)2;1-21-7-13-11(2-3-15-20(13)26-9-23-15)18-14(22)4-10-5-16-17(25-8-24-16)6-12(10)19(18)21;1-12(18(21)22)20-19(23)24-11-17-15-8-4-2-6-13(15)10-14-7-3-5-9-16(14)17/h3-5,7,11,19-21H,6,8-10,24H2,1-2H3;2-3,5-6,14,18-19,22H,4,7-9H2,1H3;2-9,12,17H,10-11H2,1H3,(H,20,23)(H,21,22). The molecule has 19 heteroatoms. The van der Waals surface area contributed by atoms with Crippen LogP contribution in [0.5, 0.6) is 46.0 Å². The number of aliphatic hydroxyl groups is 1. The molecular weight excluding hydrogens is 1040 g/mol. The molecule has 0 spiro atoms. The Morgan fingerprint density at radius 1 is 0.605 bits per heavy atom. The van der Waals surface area contributed by atoms with Gasteiger partial charge in [0.05, 0.1) is 6.10 Å². The van der Waals surface area contributed by atoms with Gasteiger partial charge >= 0.3 is 18.0 Å². The molecule has 81 heavy (non-hydrogen) atoms. The number of benzene rings is 6.